The molecule has 0 aliphatic heterocycles. The molecule has 5 heteroatoms. The molecule has 0 bridgehead atoms. The van der Waals surface area contributed by atoms with Crippen molar-refractivity contribution in [3.05, 3.63) is 45.7 Å². The predicted octanol–water partition coefficient (Wildman–Crippen LogP) is 1.89. The van der Waals surface area contributed by atoms with Gasteiger partial charge in [0.2, 0.25) is 5.43 Å². The number of esters is 1. The molecule has 106 valence electrons. The molecule has 0 unspecified atom stereocenters. The van der Waals surface area contributed by atoms with E-state index in [1.807, 2.05) is 6.07 Å². The number of hydrogen-bond acceptors (Lipinski definition) is 4. The zero-order valence-corrected chi connectivity index (χ0v) is 11.6. The quantitative estimate of drug-likeness (QED) is 0.846. The van der Waals surface area contributed by atoms with Crippen LogP contribution >= 0.6 is 0 Å². The summed E-state index contributed by atoms with van der Waals surface area (Å²) in [5.74, 6) is -0.599. The van der Waals surface area contributed by atoms with E-state index in [4.69, 9.17) is 9.47 Å². The molecule has 0 aliphatic rings. The van der Waals surface area contributed by atoms with Gasteiger partial charge in [0.05, 0.1) is 18.7 Å². The van der Waals surface area contributed by atoms with Crippen LogP contribution in [0, 0.1) is 0 Å². The second kappa shape index (κ2) is 6.34. The van der Waals surface area contributed by atoms with Crippen molar-refractivity contribution in [2.45, 2.75) is 13.3 Å². The Kier molecular flexibility index (Phi) is 4.53. The number of hydrogen-bond donors (Lipinski definition) is 1. The second-order valence-electron chi connectivity index (χ2n) is 4.33. The van der Waals surface area contributed by atoms with E-state index in [1.165, 1.54) is 6.20 Å². The minimum atomic E-state index is -0.599. The standard InChI is InChI=1S/C15H17NO4/c1-3-20-15(18)12-9-16-13-10(7-8-19-2)5-4-6-11(13)14(12)17/h4-6,9H,3,7-8H2,1-2H3,(H,16,17). The molecule has 2 rings (SSSR count). The molecule has 2 aromatic rings. The van der Waals surface area contributed by atoms with Gasteiger partial charge in [0.25, 0.3) is 0 Å². The van der Waals surface area contributed by atoms with Crippen LogP contribution in [-0.2, 0) is 15.9 Å². The smallest absolute Gasteiger partial charge is 0.343 e. The summed E-state index contributed by atoms with van der Waals surface area (Å²) in [6, 6.07) is 5.44. The number of methoxy groups -OCH3 is 1. The van der Waals surface area contributed by atoms with Crippen molar-refractivity contribution in [2.24, 2.45) is 0 Å². The average Bonchev–Trinajstić information content (AvgIpc) is 2.46. The van der Waals surface area contributed by atoms with Crippen LogP contribution < -0.4 is 5.43 Å². The van der Waals surface area contributed by atoms with Crippen LogP contribution in [0.2, 0.25) is 0 Å². The van der Waals surface area contributed by atoms with Crippen LogP contribution in [0.15, 0.2) is 29.2 Å². The topological polar surface area (TPSA) is 68.4 Å². The van der Waals surface area contributed by atoms with Gasteiger partial charge in [-0.2, -0.15) is 0 Å². The number of nitrogens with one attached hydrogen (secondary N) is 1. The molecule has 0 aliphatic carbocycles. The van der Waals surface area contributed by atoms with Crippen molar-refractivity contribution >= 4 is 16.9 Å². The number of pyridine rings is 1. The molecule has 1 aromatic heterocycles. The molecular weight excluding hydrogens is 258 g/mol. The summed E-state index contributed by atoms with van der Waals surface area (Å²) in [7, 11) is 1.63. The molecular formula is C15H17NO4. The minimum absolute atomic E-state index is 0.0308. The molecule has 20 heavy (non-hydrogen) atoms. The molecule has 1 N–H and O–H groups in total. The Morgan fingerprint density at radius 2 is 2.15 bits per heavy atom. The van der Waals surface area contributed by atoms with Crippen LogP contribution in [0.1, 0.15) is 22.8 Å². The van der Waals surface area contributed by atoms with Crippen molar-refractivity contribution in [3.8, 4) is 0 Å². The maximum atomic E-state index is 12.3. The van der Waals surface area contributed by atoms with Gasteiger partial charge < -0.3 is 14.5 Å². The Hall–Kier alpha value is -2.14. The fourth-order valence-electron chi connectivity index (χ4n) is 2.10. The third kappa shape index (κ3) is 2.72. The average molecular weight is 275 g/mol. The molecule has 1 heterocycles. The lowest BCUT2D eigenvalue weighted by atomic mass is 10.1. The van der Waals surface area contributed by atoms with Gasteiger partial charge in [-0.25, -0.2) is 4.79 Å². The minimum Gasteiger partial charge on any atom is -0.462 e. The number of fused-ring (bicyclic) bond motifs is 1. The van der Waals surface area contributed by atoms with E-state index in [1.54, 1.807) is 26.2 Å². The van der Waals surface area contributed by atoms with Crippen LogP contribution in [0.4, 0.5) is 0 Å². The van der Waals surface area contributed by atoms with Crippen molar-refractivity contribution < 1.29 is 14.3 Å². The Bertz CT molecular complexity index is 675. The first-order valence-corrected chi connectivity index (χ1v) is 6.48. The van der Waals surface area contributed by atoms with E-state index in [0.717, 1.165) is 11.1 Å². The fraction of sp³-hybridized carbons (Fsp3) is 0.333. The van der Waals surface area contributed by atoms with Gasteiger partial charge in [0.15, 0.2) is 0 Å². The molecule has 0 spiro atoms. The molecule has 0 saturated carbocycles. The summed E-state index contributed by atoms with van der Waals surface area (Å²) in [6.07, 6.45) is 2.11. The first kappa shape index (κ1) is 14.3. The summed E-state index contributed by atoms with van der Waals surface area (Å²) in [5, 5.41) is 0.490. The Labute approximate surface area is 116 Å². The summed E-state index contributed by atoms with van der Waals surface area (Å²) in [5.41, 5.74) is 1.44. The molecule has 0 atom stereocenters. The molecule has 5 nitrogen and oxygen atoms in total. The molecule has 0 fully saturated rings. The number of carbonyl (C=O) groups is 1. The van der Waals surface area contributed by atoms with Crippen molar-refractivity contribution in [1.82, 2.24) is 4.98 Å². The summed E-state index contributed by atoms with van der Waals surface area (Å²) >= 11 is 0. The third-order valence-electron chi connectivity index (χ3n) is 3.07. The highest BCUT2D eigenvalue weighted by Gasteiger charge is 2.14. The van der Waals surface area contributed by atoms with E-state index in [0.29, 0.717) is 18.4 Å². The highest BCUT2D eigenvalue weighted by molar-refractivity contribution is 5.94. The zero-order valence-electron chi connectivity index (χ0n) is 11.6. The van der Waals surface area contributed by atoms with Crippen LogP contribution in [0.5, 0.6) is 0 Å². The number of aromatic nitrogens is 1. The lowest BCUT2D eigenvalue weighted by Gasteiger charge is -2.07. The van der Waals surface area contributed by atoms with E-state index in [2.05, 4.69) is 4.98 Å². The van der Waals surface area contributed by atoms with E-state index in [9.17, 15) is 9.59 Å². The zero-order chi connectivity index (χ0) is 14.5. The fourth-order valence-corrected chi connectivity index (χ4v) is 2.10. The number of rotatable bonds is 5. The number of aromatic amines is 1. The van der Waals surface area contributed by atoms with Crippen molar-refractivity contribution in [1.29, 1.82) is 0 Å². The number of carbonyl (C=O) groups excluding carboxylic acids is 1. The number of para-hydroxylation sites is 1. The van der Waals surface area contributed by atoms with Gasteiger partial charge in [-0.05, 0) is 25.0 Å². The third-order valence-corrected chi connectivity index (χ3v) is 3.07. The lowest BCUT2D eigenvalue weighted by Crippen LogP contribution is -2.18. The Morgan fingerprint density at radius 1 is 1.35 bits per heavy atom. The number of H-pyrrole nitrogens is 1. The maximum absolute atomic E-state index is 12.3. The molecule has 1 aromatic carbocycles. The SMILES string of the molecule is CCOC(=O)c1c[nH]c2c(CCOC)cccc2c1=O. The van der Waals surface area contributed by atoms with Gasteiger partial charge in [-0.3, -0.25) is 4.79 Å². The first-order valence-electron chi connectivity index (χ1n) is 6.48. The molecule has 0 amide bonds. The number of ether oxygens (including phenoxy) is 2. The maximum Gasteiger partial charge on any atom is 0.343 e. The van der Waals surface area contributed by atoms with Crippen molar-refractivity contribution in [2.75, 3.05) is 20.3 Å². The van der Waals surface area contributed by atoms with Crippen molar-refractivity contribution in [3.63, 3.8) is 0 Å². The van der Waals surface area contributed by atoms with Gasteiger partial charge in [-0.1, -0.05) is 12.1 Å². The predicted molar refractivity (Wildman–Crippen MR) is 76.1 cm³/mol. The normalized spacial score (nSPS) is 10.7. The second-order valence-corrected chi connectivity index (χ2v) is 4.33. The Balaban J connectivity index is 2.52. The lowest BCUT2D eigenvalue weighted by molar-refractivity contribution is 0.0524. The van der Waals surface area contributed by atoms with Gasteiger partial charge in [0.1, 0.15) is 5.56 Å². The number of benzene rings is 1. The summed E-state index contributed by atoms with van der Waals surface area (Å²) < 4.78 is 9.93. The first-order chi connectivity index (χ1) is 9.69. The van der Waals surface area contributed by atoms with E-state index >= 15 is 0 Å². The van der Waals surface area contributed by atoms with Gasteiger partial charge in [-0.15, -0.1) is 0 Å². The molecule has 0 saturated heterocycles. The van der Waals surface area contributed by atoms with Crippen LogP contribution in [0.25, 0.3) is 10.9 Å². The summed E-state index contributed by atoms with van der Waals surface area (Å²) in [4.78, 5) is 27.0. The monoisotopic (exact) mass is 275 g/mol. The highest BCUT2D eigenvalue weighted by atomic mass is 16.5. The molecule has 0 radical (unpaired) electrons. The highest BCUT2D eigenvalue weighted by Crippen LogP contribution is 2.15. The largest absolute Gasteiger partial charge is 0.462 e. The summed E-state index contributed by atoms with van der Waals surface area (Å²) in [6.45, 7) is 2.51. The van der Waals surface area contributed by atoms with Gasteiger partial charge >= 0.3 is 5.97 Å². The van der Waals surface area contributed by atoms with Crippen LogP contribution in [-0.4, -0.2) is 31.3 Å². The van der Waals surface area contributed by atoms with E-state index < -0.39 is 5.97 Å². The Morgan fingerprint density at radius 3 is 2.85 bits per heavy atom. The van der Waals surface area contributed by atoms with E-state index in [-0.39, 0.29) is 17.6 Å². The van der Waals surface area contributed by atoms with Gasteiger partial charge in [0, 0.05) is 18.7 Å². The van der Waals surface area contributed by atoms with Crippen LogP contribution in [0.3, 0.4) is 0 Å².